The summed E-state index contributed by atoms with van der Waals surface area (Å²) in [5.74, 6) is 7.04. The lowest BCUT2D eigenvalue weighted by Gasteiger charge is -2.57. The highest BCUT2D eigenvalue weighted by molar-refractivity contribution is 5.02. The van der Waals surface area contributed by atoms with Gasteiger partial charge >= 0.3 is 0 Å². The predicted molar refractivity (Wildman–Crippen MR) is 84.2 cm³/mol. The summed E-state index contributed by atoms with van der Waals surface area (Å²) in [5, 5.41) is 0. The summed E-state index contributed by atoms with van der Waals surface area (Å²) in [5.41, 5.74) is 6.65. The van der Waals surface area contributed by atoms with Crippen LogP contribution in [0.2, 0.25) is 0 Å². The summed E-state index contributed by atoms with van der Waals surface area (Å²) in [6, 6.07) is 0.539. The van der Waals surface area contributed by atoms with Crippen LogP contribution in [0.15, 0.2) is 0 Å². The molecular weight excluding hydrogens is 242 g/mol. The molecule has 0 spiro atoms. The Bertz CT molecular complexity index is 318. The maximum atomic E-state index is 6.65. The van der Waals surface area contributed by atoms with Gasteiger partial charge in [-0.15, -0.1) is 0 Å². The van der Waals surface area contributed by atoms with Crippen LogP contribution in [0.25, 0.3) is 0 Å². The van der Waals surface area contributed by atoms with Gasteiger partial charge in [-0.3, -0.25) is 0 Å². The Morgan fingerprint density at radius 2 is 1.10 bits per heavy atom. The molecular formula is C19H33N. The Kier molecular flexibility index (Phi) is 3.61. The molecule has 0 heterocycles. The zero-order chi connectivity index (χ0) is 13.7. The molecule has 4 aliphatic carbocycles. The molecule has 4 saturated carbocycles. The van der Waals surface area contributed by atoms with E-state index in [1.807, 2.05) is 0 Å². The molecule has 0 bridgehead atoms. The van der Waals surface area contributed by atoms with Crippen molar-refractivity contribution < 1.29 is 0 Å². The van der Waals surface area contributed by atoms with Crippen molar-refractivity contribution in [3.05, 3.63) is 0 Å². The van der Waals surface area contributed by atoms with Crippen LogP contribution < -0.4 is 5.73 Å². The Morgan fingerprint density at radius 3 is 1.80 bits per heavy atom. The third-order valence-corrected chi connectivity index (χ3v) is 7.87. The zero-order valence-corrected chi connectivity index (χ0v) is 13.3. The summed E-state index contributed by atoms with van der Waals surface area (Å²) >= 11 is 0. The first-order valence-electron chi connectivity index (χ1n) is 9.51. The highest BCUT2D eigenvalue weighted by Gasteiger charge is 2.51. The van der Waals surface area contributed by atoms with Crippen molar-refractivity contribution in [1.29, 1.82) is 0 Å². The van der Waals surface area contributed by atoms with E-state index in [1.54, 1.807) is 6.42 Å². The van der Waals surface area contributed by atoms with Crippen molar-refractivity contribution in [2.45, 2.75) is 77.2 Å². The van der Waals surface area contributed by atoms with Gasteiger partial charge in [0.1, 0.15) is 0 Å². The quantitative estimate of drug-likeness (QED) is 0.687. The van der Waals surface area contributed by atoms with Gasteiger partial charge in [-0.1, -0.05) is 32.6 Å². The van der Waals surface area contributed by atoms with Crippen molar-refractivity contribution >= 4 is 0 Å². The van der Waals surface area contributed by atoms with E-state index in [-0.39, 0.29) is 0 Å². The highest BCUT2D eigenvalue weighted by atomic mass is 14.7. The molecule has 0 amide bonds. The molecule has 1 heteroatoms. The molecule has 8 unspecified atom stereocenters. The Morgan fingerprint density at radius 1 is 0.600 bits per heavy atom. The molecule has 1 nitrogen and oxygen atoms in total. The van der Waals surface area contributed by atoms with Gasteiger partial charge in [-0.2, -0.15) is 0 Å². The average molecular weight is 275 g/mol. The van der Waals surface area contributed by atoms with Crippen molar-refractivity contribution in [2.24, 2.45) is 47.2 Å². The SMILES string of the molecule is CC1CC2C3CCCCC3C(N)CC2C2CCCCC12. The number of rotatable bonds is 0. The first-order valence-corrected chi connectivity index (χ1v) is 9.51. The van der Waals surface area contributed by atoms with Crippen molar-refractivity contribution in [3.8, 4) is 0 Å². The summed E-state index contributed by atoms with van der Waals surface area (Å²) in [6.07, 6.45) is 14.9. The molecule has 0 aromatic rings. The maximum Gasteiger partial charge on any atom is 0.00727 e. The lowest BCUT2D eigenvalue weighted by atomic mass is 9.48. The largest absolute Gasteiger partial charge is 0.327 e. The van der Waals surface area contributed by atoms with E-state index in [0.717, 1.165) is 41.4 Å². The van der Waals surface area contributed by atoms with E-state index in [9.17, 15) is 0 Å². The van der Waals surface area contributed by atoms with Gasteiger partial charge in [-0.25, -0.2) is 0 Å². The van der Waals surface area contributed by atoms with Crippen LogP contribution in [0.4, 0.5) is 0 Å². The smallest absolute Gasteiger partial charge is 0.00727 e. The lowest BCUT2D eigenvalue weighted by molar-refractivity contribution is -0.0721. The van der Waals surface area contributed by atoms with Crippen LogP contribution >= 0.6 is 0 Å². The Balaban J connectivity index is 1.61. The Labute approximate surface area is 125 Å². The number of fused-ring (bicyclic) bond motifs is 5. The minimum Gasteiger partial charge on any atom is -0.327 e. The third kappa shape index (κ3) is 2.07. The minimum atomic E-state index is 0.539. The van der Waals surface area contributed by atoms with Gasteiger partial charge in [0.25, 0.3) is 0 Å². The number of nitrogens with two attached hydrogens (primary N) is 1. The van der Waals surface area contributed by atoms with Gasteiger partial charge in [0.2, 0.25) is 0 Å². The summed E-state index contributed by atoms with van der Waals surface area (Å²) in [6.45, 7) is 2.57. The standard InChI is InChI=1S/C19H33N/c1-12-10-17-15-8-4-5-9-16(15)19(20)11-18(17)14-7-3-2-6-13(12)14/h12-19H,2-11,20H2,1H3. The number of hydrogen-bond acceptors (Lipinski definition) is 1. The second-order valence-electron chi connectivity index (χ2n) is 8.66. The topological polar surface area (TPSA) is 26.0 Å². The Hall–Kier alpha value is -0.0400. The summed E-state index contributed by atoms with van der Waals surface area (Å²) in [7, 11) is 0. The fraction of sp³-hybridized carbons (Fsp3) is 1.00. The van der Waals surface area contributed by atoms with Crippen molar-refractivity contribution in [1.82, 2.24) is 0 Å². The molecule has 20 heavy (non-hydrogen) atoms. The first-order chi connectivity index (χ1) is 9.75. The summed E-state index contributed by atoms with van der Waals surface area (Å²) in [4.78, 5) is 0. The molecule has 0 aliphatic heterocycles. The van der Waals surface area contributed by atoms with Gasteiger partial charge < -0.3 is 5.73 Å². The molecule has 4 rings (SSSR count). The molecule has 0 aromatic heterocycles. The minimum absolute atomic E-state index is 0.539. The van der Waals surface area contributed by atoms with Crippen LogP contribution in [-0.2, 0) is 0 Å². The number of hydrogen-bond donors (Lipinski definition) is 1. The predicted octanol–water partition coefficient (Wildman–Crippen LogP) is 4.60. The van der Waals surface area contributed by atoms with E-state index in [0.29, 0.717) is 6.04 Å². The van der Waals surface area contributed by atoms with E-state index < -0.39 is 0 Å². The third-order valence-electron chi connectivity index (χ3n) is 7.87. The molecule has 4 fully saturated rings. The molecule has 2 N–H and O–H groups in total. The first kappa shape index (κ1) is 13.6. The highest BCUT2D eigenvalue weighted by Crippen LogP contribution is 2.58. The van der Waals surface area contributed by atoms with Crippen LogP contribution in [0.3, 0.4) is 0 Å². The van der Waals surface area contributed by atoms with Crippen molar-refractivity contribution in [3.63, 3.8) is 0 Å². The molecule has 8 atom stereocenters. The van der Waals surface area contributed by atoms with Gasteiger partial charge in [-0.05, 0) is 80.0 Å². The normalized spacial score (nSPS) is 55.5. The molecule has 114 valence electrons. The second-order valence-corrected chi connectivity index (χ2v) is 8.66. The fourth-order valence-electron chi connectivity index (χ4n) is 7.11. The monoisotopic (exact) mass is 275 g/mol. The molecule has 0 saturated heterocycles. The van der Waals surface area contributed by atoms with E-state index >= 15 is 0 Å². The van der Waals surface area contributed by atoms with Crippen molar-refractivity contribution in [2.75, 3.05) is 0 Å². The molecule has 0 aromatic carbocycles. The van der Waals surface area contributed by atoms with Crippen LogP contribution in [0, 0.1) is 41.4 Å². The van der Waals surface area contributed by atoms with Crippen LogP contribution in [-0.4, -0.2) is 6.04 Å². The van der Waals surface area contributed by atoms with Crippen LogP contribution in [0.1, 0.15) is 71.1 Å². The molecule has 4 aliphatic rings. The lowest BCUT2D eigenvalue weighted by Crippen LogP contribution is -2.54. The average Bonchev–Trinajstić information content (AvgIpc) is 2.49. The van der Waals surface area contributed by atoms with Gasteiger partial charge in [0.15, 0.2) is 0 Å². The molecule has 0 radical (unpaired) electrons. The van der Waals surface area contributed by atoms with E-state index in [1.165, 1.54) is 57.8 Å². The van der Waals surface area contributed by atoms with E-state index in [4.69, 9.17) is 5.73 Å². The van der Waals surface area contributed by atoms with E-state index in [2.05, 4.69) is 6.92 Å². The second kappa shape index (κ2) is 5.30. The maximum absolute atomic E-state index is 6.65. The van der Waals surface area contributed by atoms with Gasteiger partial charge in [0, 0.05) is 6.04 Å². The van der Waals surface area contributed by atoms with Gasteiger partial charge in [0.05, 0.1) is 0 Å². The summed E-state index contributed by atoms with van der Waals surface area (Å²) < 4.78 is 0. The van der Waals surface area contributed by atoms with Crippen LogP contribution in [0.5, 0.6) is 0 Å². The zero-order valence-electron chi connectivity index (χ0n) is 13.3. The fourth-order valence-corrected chi connectivity index (χ4v) is 7.11.